The van der Waals surface area contributed by atoms with Gasteiger partial charge in [0.2, 0.25) is 0 Å². The van der Waals surface area contributed by atoms with Crippen molar-refractivity contribution < 1.29 is 32.3 Å². The number of hydrogen-bond acceptors (Lipinski definition) is 3. The number of amides is 2. The van der Waals surface area contributed by atoms with E-state index in [2.05, 4.69) is 10.6 Å². The molecule has 2 N–H and O–H groups in total. The maximum atomic E-state index is 13.4. The number of carbonyl (C=O) groups is 2. The number of anilines is 1. The van der Waals surface area contributed by atoms with Crippen molar-refractivity contribution in [3.63, 3.8) is 0 Å². The van der Waals surface area contributed by atoms with Gasteiger partial charge in [-0.1, -0.05) is 0 Å². The van der Waals surface area contributed by atoms with E-state index in [1.807, 2.05) is 0 Å². The van der Waals surface area contributed by atoms with Crippen molar-refractivity contribution >= 4 is 17.7 Å². The Morgan fingerprint density at radius 1 is 1.30 bits per heavy atom. The Morgan fingerprint density at radius 2 is 2.00 bits per heavy atom. The van der Waals surface area contributed by atoms with Gasteiger partial charge < -0.3 is 25.1 Å². The van der Waals surface area contributed by atoms with Gasteiger partial charge in [0.1, 0.15) is 17.6 Å². The lowest BCUT2D eigenvalue weighted by Gasteiger charge is -2.14. The van der Waals surface area contributed by atoms with E-state index in [0.717, 1.165) is 6.07 Å². The number of hydrogen-bond donors (Lipinski definition) is 2. The summed E-state index contributed by atoms with van der Waals surface area (Å²) in [7, 11) is 1.56. The monoisotopic (exact) mass is 384 g/mol. The molecule has 3 rings (SSSR count). The van der Waals surface area contributed by atoms with E-state index < -0.39 is 35.6 Å². The van der Waals surface area contributed by atoms with Crippen molar-refractivity contribution in [1.29, 1.82) is 0 Å². The summed E-state index contributed by atoms with van der Waals surface area (Å²) in [5, 5.41) is 15.3. The molecule has 0 radical (unpaired) electrons. The zero-order valence-corrected chi connectivity index (χ0v) is 14.0. The molecule has 0 fully saturated rings. The third-order valence-corrected chi connectivity index (χ3v) is 4.41. The molecular formula is C17H14F4N3O3-. The molecular weight excluding hydrogens is 370 g/mol. The van der Waals surface area contributed by atoms with Gasteiger partial charge in [0.15, 0.2) is 0 Å². The minimum Gasteiger partial charge on any atom is -0.530 e. The van der Waals surface area contributed by atoms with Gasteiger partial charge in [-0.3, -0.25) is 4.79 Å². The van der Waals surface area contributed by atoms with Crippen molar-refractivity contribution in [2.24, 2.45) is 7.05 Å². The smallest absolute Gasteiger partial charge is 0.419 e. The number of aromatic nitrogens is 1. The predicted molar refractivity (Wildman–Crippen MR) is 84.4 cm³/mol. The molecule has 2 amide bonds. The topological polar surface area (TPSA) is 86.2 Å². The molecule has 27 heavy (non-hydrogen) atoms. The number of halogens is 4. The van der Waals surface area contributed by atoms with E-state index in [1.54, 1.807) is 13.2 Å². The van der Waals surface area contributed by atoms with Gasteiger partial charge in [-0.25, -0.2) is 4.39 Å². The zero-order chi connectivity index (χ0) is 19.9. The minimum atomic E-state index is -4.89. The summed E-state index contributed by atoms with van der Waals surface area (Å²) in [6.45, 7) is 0. The Balaban J connectivity index is 1.88. The molecule has 0 saturated heterocycles. The van der Waals surface area contributed by atoms with Gasteiger partial charge in [0.05, 0.1) is 11.6 Å². The Hall–Kier alpha value is -3.04. The highest BCUT2D eigenvalue weighted by atomic mass is 19.4. The fourth-order valence-electron chi connectivity index (χ4n) is 3.31. The number of aryl methyl sites for hydroxylation is 1. The fraction of sp³-hybridized carbons (Fsp3) is 0.294. The molecule has 1 atom stereocenters. The minimum absolute atomic E-state index is 0.200. The molecule has 1 aliphatic rings. The van der Waals surface area contributed by atoms with Crippen molar-refractivity contribution in [2.75, 3.05) is 5.32 Å². The molecule has 0 aliphatic heterocycles. The second kappa shape index (κ2) is 6.60. The molecule has 0 bridgehead atoms. The second-order valence-electron chi connectivity index (χ2n) is 6.19. The van der Waals surface area contributed by atoms with Crippen LogP contribution in [0.15, 0.2) is 24.4 Å². The molecule has 6 nitrogen and oxygen atoms in total. The van der Waals surface area contributed by atoms with Crippen LogP contribution < -0.4 is 15.7 Å². The summed E-state index contributed by atoms with van der Waals surface area (Å²) < 4.78 is 53.3. The van der Waals surface area contributed by atoms with Crippen LogP contribution in [0.3, 0.4) is 0 Å². The van der Waals surface area contributed by atoms with Crippen LogP contribution in [0.25, 0.3) is 0 Å². The number of nitrogens with zero attached hydrogens (tertiary/aromatic N) is 1. The molecule has 1 aromatic carbocycles. The van der Waals surface area contributed by atoms with Gasteiger partial charge in [-0.05, 0) is 42.2 Å². The molecule has 2 aromatic rings. The van der Waals surface area contributed by atoms with Crippen molar-refractivity contribution in [3.8, 4) is 0 Å². The van der Waals surface area contributed by atoms with E-state index >= 15 is 0 Å². The van der Waals surface area contributed by atoms with Crippen LogP contribution in [0.5, 0.6) is 0 Å². The van der Waals surface area contributed by atoms with Gasteiger partial charge in [-0.2, -0.15) is 13.2 Å². The van der Waals surface area contributed by atoms with E-state index in [0.29, 0.717) is 36.1 Å². The van der Waals surface area contributed by atoms with Crippen LogP contribution >= 0.6 is 0 Å². The van der Waals surface area contributed by atoms with Crippen LogP contribution in [0, 0.1) is 5.82 Å². The summed E-state index contributed by atoms with van der Waals surface area (Å²) in [5.74, 6) is -2.11. The molecule has 10 heteroatoms. The number of rotatable bonds is 3. The number of carboxylic acid groups (broad SMARTS) is 1. The highest BCUT2D eigenvalue weighted by molar-refractivity contribution is 6.04. The summed E-state index contributed by atoms with van der Waals surface area (Å²) in [6, 6.07) is 1.68. The third kappa shape index (κ3) is 3.60. The summed E-state index contributed by atoms with van der Waals surface area (Å²) >= 11 is 0. The normalized spacial score (nSPS) is 16.1. The highest BCUT2D eigenvalue weighted by Gasteiger charge is 2.35. The van der Waals surface area contributed by atoms with Crippen molar-refractivity contribution in [1.82, 2.24) is 9.88 Å². The third-order valence-electron chi connectivity index (χ3n) is 4.41. The maximum absolute atomic E-state index is 13.4. The first-order valence-corrected chi connectivity index (χ1v) is 7.91. The van der Waals surface area contributed by atoms with Gasteiger partial charge in [-0.15, -0.1) is 0 Å². The summed E-state index contributed by atoms with van der Waals surface area (Å²) in [5.41, 5.74) is -0.263. The Bertz CT molecular complexity index is 921. The van der Waals surface area contributed by atoms with Crippen LogP contribution in [-0.2, 0) is 19.6 Å². The average molecular weight is 384 g/mol. The molecule has 1 heterocycles. The predicted octanol–water partition coefficient (Wildman–Crippen LogP) is 2.36. The standard InChI is InChI=1S/C17H15F4N3O3/c1-24-7-10-9(3-5-13(10)23-16(26)27)14(24)15(25)22-8-2-4-12(18)11(6-8)17(19,20)21/h2,4,6-7,13,23H,3,5H2,1H3,(H,22,25)(H,26,27)/p-1. The fourth-order valence-corrected chi connectivity index (χ4v) is 3.31. The number of nitrogens with one attached hydrogen (secondary N) is 2. The van der Waals surface area contributed by atoms with Gasteiger partial charge in [0.25, 0.3) is 5.91 Å². The number of carbonyl (C=O) groups excluding carboxylic acids is 2. The molecule has 1 aromatic heterocycles. The summed E-state index contributed by atoms with van der Waals surface area (Å²) in [6.07, 6.45) is -3.88. The van der Waals surface area contributed by atoms with Crippen LogP contribution in [-0.4, -0.2) is 16.6 Å². The second-order valence-corrected chi connectivity index (χ2v) is 6.19. The quantitative estimate of drug-likeness (QED) is 0.797. The molecule has 0 saturated carbocycles. The van der Waals surface area contributed by atoms with Crippen LogP contribution in [0.4, 0.5) is 28.0 Å². The van der Waals surface area contributed by atoms with E-state index in [9.17, 15) is 32.3 Å². The first-order valence-electron chi connectivity index (χ1n) is 7.91. The number of fused-ring (bicyclic) bond motifs is 1. The Morgan fingerprint density at radius 3 is 2.63 bits per heavy atom. The first-order chi connectivity index (χ1) is 12.6. The molecule has 1 aliphatic carbocycles. The maximum Gasteiger partial charge on any atom is 0.419 e. The zero-order valence-electron chi connectivity index (χ0n) is 14.0. The first kappa shape index (κ1) is 18.7. The Kier molecular flexibility index (Phi) is 4.58. The lowest BCUT2D eigenvalue weighted by molar-refractivity contribution is -0.251. The van der Waals surface area contributed by atoms with Crippen molar-refractivity contribution in [2.45, 2.75) is 25.1 Å². The number of alkyl halides is 3. The van der Waals surface area contributed by atoms with E-state index in [-0.39, 0.29) is 11.4 Å². The van der Waals surface area contributed by atoms with E-state index in [4.69, 9.17) is 0 Å². The average Bonchev–Trinajstić information content (AvgIpc) is 3.06. The van der Waals surface area contributed by atoms with Crippen molar-refractivity contribution in [3.05, 3.63) is 52.6 Å². The lowest BCUT2D eigenvalue weighted by atomic mass is 10.1. The van der Waals surface area contributed by atoms with Crippen LogP contribution in [0.1, 0.15) is 39.6 Å². The largest absolute Gasteiger partial charge is 0.530 e. The molecule has 144 valence electrons. The Labute approximate surface area is 150 Å². The van der Waals surface area contributed by atoms with Gasteiger partial charge >= 0.3 is 6.18 Å². The molecule has 1 unspecified atom stereocenters. The highest BCUT2D eigenvalue weighted by Crippen LogP contribution is 2.36. The summed E-state index contributed by atoms with van der Waals surface area (Å²) in [4.78, 5) is 23.3. The SMILES string of the molecule is Cn1cc2c(c1C(=O)Nc1ccc(F)c(C(F)(F)F)c1)CCC2NC(=O)[O-]. The van der Waals surface area contributed by atoms with E-state index in [1.165, 1.54) is 4.57 Å². The lowest BCUT2D eigenvalue weighted by Crippen LogP contribution is -2.38. The van der Waals surface area contributed by atoms with Gasteiger partial charge in [0, 0.05) is 18.9 Å². The molecule has 0 spiro atoms. The number of benzene rings is 1. The van der Waals surface area contributed by atoms with Crippen LogP contribution in [0.2, 0.25) is 0 Å².